The van der Waals surface area contributed by atoms with Gasteiger partial charge < -0.3 is 4.74 Å². The van der Waals surface area contributed by atoms with Gasteiger partial charge >= 0.3 is 0 Å². The summed E-state index contributed by atoms with van der Waals surface area (Å²) < 4.78 is 49.1. The lowest BCUT2D eigenvalue weighted by Gasteiger charge is -2.03. The van der Waals surface area contributed by atoms with Crippen LogP contribution in [0.1, 0.15) is 12.8 Å². The Kier molecular flexibility index (Phi) is 7.33. The molecule has 7 heteroatoms. The quantitative estimate of drug-likeness (QED) is 0.556. The summed E-state index contributed by atoms with van der Waals surface area (Å²) in [6.45, 7) is 6.97. The van der Waals surface area contributed by atoms with Gasteiger partial charge in [0.05, 0.1) is 11.5 Å². The summed E-state index contributed by atoms with van der Waals surface area (Å²) in [5.41, 5.74) is 0. The highest BCUT2D eigenvalue weighted by atomic mass is 32.2. The molecule has 0 aliphatic rings. The zero-order chi connectivity index (χ0) is 13.4. The summed E-state index contributed by atoms with van der Waals surface area (Å²) >= 11 is 0. The summed E-state index contributed by atoms with van der Waals surface area (Å²) in [6, 6.07) is 0. The Bertz CT molecular complexity index is 391. The Labute approximate surface area is 103 Å². The molecule has 0 heterocycles. The lowest BCUT2D eigenvalue weighted by atomic mass is 10.5. The van der Waals surface area contributed by atoms with E-state index >= 15 is 0 Å². The normalized spacial score (nSPS) is 12.2. The van der Waals surface area contributed by atoms with E-state index in [1.54, 1.807) is 0 Å². The summed E-state index contributed by atoms with van der Waals surface area (Å²) in [6.07, 6.45) is 0.755. The summed E-state index contributed by atoms with van der Waals surface area (Å²) in [5, 5.41) is 1.84. The Morgan fingerprint density at radius 3 is 1.47 bits per heavy atom. The molecular weight excluding hydrogens is 264 g/mol. The number of sulfone groups is 2. The van der Waals surface area contributed by atoms with Gasteiger partial charge in [-0.25, -0.2) is 16.8 Å². The highest BCUT2D eigenvalue weighted by molar-refractivity contribution is 7.94. The van der Waals surface area contributed by atoms with Crippen LogP contribution in [0, 0.1) is 0 Å². The molecule has 0 aromatic rings. The van der Waals surface area contributed by atoms with Gasteiger partial charge in [0.25, 0.3) is 0 Å². The van der Waals surface area contributed by atoms with Gasteiger partial charge in [0.2, 0.25) is 0 Å². The van der Waals surface area contributed by atoms with Gasteiger partial charge in [0.15, 0.2) is 19.7 Å². The van der Waals surface area contributed by atoms with Gasteiger partial charge in [-0.3, -0.25) is 0 Å². The predicted molar refractivity (Wildman–Crippen MR) is 68.0 cm³/mol. The van der Waals surface area contributed by atoms with E-state index in [4.69, 9.17) is 4.74 Å². The van der Waals surface area contributed by atoms with Crippen molar-refractivity contribution in [2.24, 2.45) is 0 Å². The van der Waals surface area contributed by atoms with Crippen molar-refractivity contribution in [1.82, 2.24) is 0 Å². The van der Waals surface area contributed by atoms with Gasteiger partial charge in [-0.2, -0.15) is 0 Å². The monoisotopic (exact) mass is 282 g/mol. The van der Waals surface area contributed by atoms with E-state index in [0.29, 0.717) is 26.1 Å². The molecule has 0 saturated carbocycles. The zero-order valence-corrected chi connectivity index (χ0v) is 11.3. The van der Waals surface area contributed by atoms with Crippen LogP contribution in [0.25, 0.3) is 0 Å². The largest absolute Gasteiger partial charge is 0.381 e. The average molecular weight is 282 g/mol. The molecule has 0 rings (SSSR count). The molecule has 0 spiro atoms. The second-order valence-electron chi connectivity index (χ2n) is 3.39. The smallest absolute Gasteiger partial charge is 0.171 e. The Morgan fingerprint density at radius 1 is 0.824 bits per heavy atom. The first kappa shape index (κ1) is 16.3. The van der Waals surface area contributed by atoms with Crippen molar-refractivity contribution in [2.75, 3.05) is 24.7 Å². The third-order valence-electron chi connectivity index (χ3n) is 1.94. The maximum atomic E-state index is 11.0. The van der Waals surface area contributed by atoms with Crippen molar-refractivity contribution in [1.29, 1.82) is 0 Å². The lowest BCUT2D eigenvalue weighted by molar-refractivity contribution is 0.136. The number of hydrogen-bond donors (Lipinski definition) is 0. The molecule has 0 fully saturated rings. The standard InChI is InChI=1S/C10H18O5S2/c1-3-16(11,12)9-5-7-15-8-6-10-17(13,14)4-2/h3-4H,1-2,5-10H2. The SMILES string of the molecule is C=CS(=O)(=O)CCCOCCCS(=O)(=O)C=C. The van der Waals surface area contributed by atoms with Crippen LogP contribution < -0.4 is 0 Å². The van der Waals surface area contributed by atoms with Crippen LogP contribution in [-0.4, -0.2) is 41.6 Å². The van der Waals surface area contributed by atoms with Gasteiger partial charge in [-0.1, -0.05) is 13.2 Å². The van der Waals surface area contributed by atoms with Crippen LogP contribution in [0.2, 0.25) is 0 Å². The maximum Gasteiger partial charge on any atom is 0.171 e. The lowest BCUT2D eigenvalue weighted by Crippen LogP contribution is -2.09. The molecule has 0 bridgehead atoms. The molecule has 17 heavy (non-hydrogen) atoms. The first-order valence-corrected chi connectivity index (χ1v) is 8.54. The molecule has 0 aliphatic heterocycles. The fourth-order valence-corrected chi connectivity index (χ4v) is 2.37. The zero-order valence-electron chi connectivity index (χ0n) is 9.67. The fourth-order valence-electron chi connectivity index (χ4n) is 0.993. The number of rotatable bonds is 10. The van der Waals surface area contributed by atoms with Crippen molar-refractivity contribution in [3.05, 3.63) is 24.0 Å². The van der Waals surface area contributed by atoms with Crippen LogP contribution in [0.4, 0.5) is 0 Å². The highest BCUT2D eigenvalue weighted by Gasteiger charge is 2.05. The number of ether oxygens (including phenoxy) is 1. The van der Waals surface area contributed by atoms with Gasteiger partial charge in [0, 0.05) is 24.0 Å². The van der Waals surface area contributed by atoms with Gasteiger partial charge in [-0.15, -0.1) is 0 Å². The minimum Gasteiger partial charge on any atom is -0.381 e. The van der Waals surface area contributed by atoms with Crippen molar-refractivity contribution in [2.45, 2.75) is 12.8 Å². The van der Waals surface area contributed by atoms with E-state index in [1.165, 1.54) is 0 Å². The topological polar surface area (TPSA) is 77.5 Å². The molecule has 0 amide bonds. The molecule has 0 unspecified atom stereocenters. The van der Waals surface area contributed by atoms with Crippen LogP contribution in [0.15, 0.2) is 24.0 Å². The van der Waals surface area contributed by atoms with Crippen molar-refractivity contribution < 1.29 is 21.6 Å². The molecule has 0 atom stereocenters. The summed E-state index contributed by atoms with van der Waals surface area (Å²) in [4.78, 5) is 0. The van der Waals surface area contributed by atoms with E-state index in [2.05, 4.69) is 13.2 Å². The van der Waals surface area contributed by atoms with Crippen molar-refractivity contribution in [3.8, 4) is 0 Å². The Morgan fingerprint density at radius 2 is 1.18 bits per heavy atom. The Hall–Kier alpha value is -0.660. The molecule has 0 saturated heterocycles. The first-order chi connectivity index (χ1) is 7.83. The van der Waals surface area contributed by atoms with E-state index < -0.39 is 19.7 Å². The van der Waals surface area contributed by atoms with E-state index in [9.17, 15) is 16.8 Å². The predicted octanol–water partition coefficient (Wildman–Crippen LogP) is 0.900. The van der Waals surface area contributed by atoms with E-state index in [-0.39, 0.29) is 11.5 Å². The molecule has 5 nitrogen and oxygen atoms in total. The third-order valence-corrected chi connectivity index (χ3v) is 4.67. The minimum atomic E-state index is -3.16. The van der Waals surface area contributed by atoms with Crippen LogP contribution in [0.3, 0.4) is 0 Å². The maximum absolute atomic E-state index is 11.0. The van der Waals surface area contributed by atoms with Crippen molar-refractivity contribution in [3.63, 3.8) is 0 Å². The second-order valence-corrected chi connectivity index (χ2v) is 7.52. The molecule has 0 aromatic carbocycles. The molecule has 100 valence electrons. The minimum absolute atomic E-state index is 0.00144. The average Bonchev–Trinajstić information content (AvgIpc) is 2.27. The summed E-state index contributed by atoms with van der Waals surface area (Å²) in [5.74, 6) is 0.00289. The number of hydrogen-bond acceptors (Lipinski definition) is 5. The highest BCUT2D eigenvalue weighted by Crippen LogP contribution is 1.97. The first-order valence-electron chi connectivity index (χ1n) is 5.11. The molecule has 0 aliphatic carbocycles. The van der Waals surface area contributed by atoms with E-state index in [0.717, 1.165) is 10.8 Å². The van der Waals surface area contributed by atoms with Gasteiger partial charge in [0.1, 0.15) is 0 Å². The Balaban J connectivity index is 3.55. The van der Waals surface area contributed by atoms with Crippen LogP contribution >= 0.6 is 0 Å². The fraction of sp³-hybridized carbons (Fsp3) is 0.600. The molecule has 0 aromatic heterocycles. The van der Waals surface area contributed by atoms with Crippen LogP contribution in [-0.2, 0) is 24.4 Å². The van der Waals surface area contributed by atoms with E-state index in [1.807, 2.05) is 0 Å². The summed E-state index contributed by atoms with van der Waals surface area (Å²) in [7, 11) is -6.33. The molecular formula is C10H18O5S2. The third kappa shape index (κ3) is 9.08. The second kappa shape index (κ2) is 7.62. The van der Waals surface area contributed by atoms with Crippen molar-refractivity contribution >= 4 is 19.7 Å². The van der Waals surface area contributed by atoms with Crippen LogP contribution in [0.5, 0.6) is 0 Å². The van der Waals surface area contributed by atoms with Gasteiger partial charge in [-0.05, 0) is 12.8 Å². The molecule has 0 radical (unpaired) electrons. The molecule has 0 N–H and O–H groups in total.